The van der Waals surface area contributed by atoms with Crippen molar-refractivity contribution in [3.8, 4) is 0 Å². The number of pyridine rings is 1. The van der Waals surface area contributed by atoms with Gasteiger partial charge in [0.05, 0.1) is 5.56 Å². The summed E-state index contributed by atoms with van der Waals surface area (Å²) in [5.74, 6) is 0.157. The zero-order chi connectivity index (χ0) is 11.1. The maximum Gasteiger partial charge on any atom is 0.255 e. The monoisotopic (exact) mass is 205 g/mol. The first-order valence-corrected chi connectivity index (χ1v) is 5.02. The van der Waals surface area contributed by atoms with Crippen molar-refractivity contribution >= 4 is 11.7 Å². The number of aromatic nitrogens is 1. The number of amides is 1. The van der Waals surface area contributed by atoms with Gasteiger partial charge in [-0.25, -0.2) is 4.98 Å². The Labute approximate surface area is 88.9 Å². The molecular weight excluding hydrogens is 190 g/mol. The molecule has 1 aliphatic rings. The summed E-state index contributed by atoms with van der Waals surface area (Å²) >= 11 is 0. The Kier molecular flexibility index (Phi) is 2.14. The van der Waals surface area contributed by atoms with Crippen molar-refractivity contribution in [1.29, 1.82) is 0 Å². The maximum absolute atomic E-state index is 11.8. The van der Waals surface area contributed by atoms with Crippen LogP contribution in [-0.2, 0) is 0 Å². The van der Waals surface area contributed by atoms with Crippen molar-refractivity contribution in [2.75, 3.05) is 5.73 Å². The van der Waals surface area contributed by atoms with Crippen molar-refractivity contribution in [2.24, 2.45) is 5.41 Å². The molecule has 0 bridgehead atoms. The molecule has 0 aliphatic heterocycles. The number of hydrogen-bond donors (Lipinski definition) is 2. The van der Waals surface area contributed by atoms with Crippen LogP contribution in [0, 0.1) is 5.41 Å². The van der Waals surface area contributed by atoms with E-state index >= 15 is 0 Å². The van der Waals surface area contributed by atoms with Crippen molar-refractivity contribution in [3.63, 3.8) is 0 Å². The summed E-state index contributed by atoms with van der Waals surface area (Å²) in [6.07, 6.45) is 2.60. The van der Waals surface area contributed by atoms with E-state index in [0.717, 1.165) is 6.42 Å². The molecule has 3 N–H and O–H groups in total. The highest BCUT2D eigenvalue weighted by molar-refractivity contribution is 5.98. The molecule has 1 atom stereocenters. The normalized spacial score (nSPS) is 22.1. The summed E-state index contributed by atoms with van der Waals surface area (Å²) in [4.78, 5) is 15.7. The third-order valence-electron chi connectivity index (χ3n) is 2.90. The van der Waals surface area contributed by atoms with Crippen molar-refractivity contribution in [1.82, 2.24) is 10.3 Å². The number of rotatable bonds is 2. The molecular formula is C11H15N3O. The van der Waals surface area contributed by atoms with Crippen LogP contribution in [0.5, 0.6) is 0 Å². The Morgan fingerprint density at radius 1 is 1.67 bits per heavy atom. The van der Waals surface area contributed by atoms with Gasteiger partial charge in [-0.1, -0.05) is 13.8 Å². The highest BCUT2D eigenvalue weighted by atomic mass is 16.1. The second kappa shape index (κ2) is 3.22. The second-order valence-corrected chi connectivity index (χ2v) is 4.65. The van der Waals surface area contributed by atoms with Crippen LogP contribution < -0.4 is 11.1 Å². The van der Waals surface area contributed by atoms with Crippen LogP contribution in [-0.4, -0.2) is 16.9 Å². The standard InChI is InChI=1S/C11H15N3O/c1-11(2)6-8(11)14-10(15)7-4-3-5-13-9(7)12/h3-5,8H,6H2,1-2H3,(H2,12,13)(H,14,15). The molecule has 0 aromatic carbocycles. The average Bonchev–Trinajstić information content (AvgIpc) is 2.74. The summed E-state index contributed by atoms with van der Waals surface area (Å²) in [6.45, 7) is 4.26. The van der Waals surface area contributed by atoms with Gasteiger partial charge in [-0.2, -0.15) is 0 Å². The molecule has 80 valence electrons. The van der Waals surface area contributed by atoms with Crippen LogP contribution in [0.15, 0.2) is 18.3 Å². The van der Waals surface area contributed by atoms with Crippen LogP contribution in [0.4, 0.5) is 5.82 Å². The molecule has 15 heavy (non-hydrogen) atoms. The molecule has 4 nitrogen and oxygen atoms in total. The van der Waals surface area contributed by atoms with Gasteiger partial charge >= 0.3 is 0 Å². The lowest BCUT2D eigenvalue weighted by atomic mass is 10.2. The number of nitrogens with zero attached hydrogens (tertiary/aromatic N) is 1. The Bertz CT molecular complexity index is 401. The van der Waals surface area contributed by atoms with E-state index in [1.54, 1.807) is 18.3 Å². The topological polar surface area (TPSA) is 68.0 Å². The van der Waals surface area contributed by atoms with Gasteiger partial charge < -0.3 is 11.1 Å². The highest BCUT2D eigenvalue weighted by Gasteiger charge is 2.46. The van der Waals surface area contributed by atoms with Gasteiger partial charge in [-0.05, 0) is 24.0 Å². The van der Waals surface area contributed by atoms with Gasteiger partial charge in [0.15, 0.2) is 0 Å². The minimum absolute atomic E-state index is 0.129. The van der Waals surface area contributed by atoms with Crippen LogP contribution in [0.1, 0.15) is 30.6 Å². The summed E-state index contributed by atoms with van der Waals surface area (Å²) in [5, 5.41) is 2.94. The number of carbonyl (C=O) groups excluding carboxylic acids is 1. The predicted molar refractivity (Wildman–Crippen MR) is 58.3 cm³/mol. The van der Waals surface area contributed by atoms with Gasteiger partial charge in [0.2, 0.25) is 0 Å². The van der Waals surface area contributed by atoms with Gasteiger partial charge in [0.1, 0.15) is 5.82 Å². The minimum atomic E-state index is -0.129. The number of nitrogens with one attached hydrogen (secondary N) is 1. The van der Waals surface area contributed by atoms with E-state index in [-0.39, 0.29) is 23.2 Å². The van der Waals surface area contributed by atoms with E-state index in [1.165, 1.54) is 0 Å². The third-order valence-corrected chi connectivity index (χ3v) is 2.90. The van der Waals surface area contributed by atoms with Gasteiger partial charge in [-0.15, -0.1) is 0 Å². The smallest absolute Gasteiger partial charge is 0.255 e. The molecule has 1 saturated carbocycles. The fraction of sp³-hybridized carbons (Fsp3) is 0.455. The predicted octanol–water partition coefficient (Wildman–Crippen LogP) is 1.19. The molecule has 0 radical (unpaired) electrons. The van der Waals surface area contributed by atoms with E-state index in [0.29, 0.717) is 5.56 Å². The average molecular weight is 205 g/mol. The largest absolute Gasteiger partial charge is 0.383 e. The van der Waals surface area contributed by atoms with Crippen molar-refractivity contribution in [3.05, 3.63) is 23.9 Å². The quantitative estimate of drug-likeness (QED) is 0.762. The molecule has 1 aromatic rings. The molecule has 0 saturated heterocycles. The first kappa shape index (κ1) is 9.96. The highest BCUT2D eigenvalue weighted by Crippen LogP contribution is 2.44. The van der Waals surface area contributed by atoms with Gasteiger partial charge in [0, 0.05) is 12.2 Å². The lowest BCUT2D eigenvalue weighted by Gasteiger charge is -2.07. The fourth-order valence-electron chi connectivity index (χ4n) is 1.56. The van der Waals surface area contributed by atoms with E-state index < -0.39 is 0 Å². The van der Waals surface area contributed by atoms with Crippen molar-refractivity contribution in [2.45, 2.75) is 26.3 Å². The van der Waals surface area contributed by atoms with Gasteiger partial charge in [-0.3, -0.25) is 4.79 Å². The first-order chi connectivity index (χ1) is 7.00. The van der Waals surface area contributed by atoms with Crippen molar-refractivity contribution < 1.29 is 4.79 Å². The molecule has 1 fully saturated rings. The Morgan fingerprint density at radius 3 is 2.87 bits per heavy atom. The third kappa shape index (κ3) is 1.93. The zero-order valence-electron chi connectivity index (χ0n) is 8.95. The summed E-state index contributed by atoms with van der Waals surface area (Å²) < 4.78 is 0. The Hall–Kier alpha value is -1.58. The molecule has 1 heterocycles. The number of nitrogen functional groups attached to an aromatic ring is 1. The van der Waals surface area contributed by atoms with E-state index in [9.17, 15) is 4.79 Å². The molecule has 1 amide bonds. The number of hydrogen-bond acceptors (Lipinski definition) is 3. The van der Waals surface area contributed by atoms with Crippen LogP contribution in [0.2, 0.25) is 0 Å². The summed E-state index contributed by atoms with van der Waals surface area (Å²) in [7, 11) is 0. The number of nitrogens with two attached hydrogens (primary N) is 1. The van der Waals surface area contributed by atoms with E-state index in [2.05, 4.69) is 24.1 Å². The fourth-order valence-corrected chi connectivity index (χ4v) is 1.56. The van der Waals surface area contributed by atoms with E-state index in [4.69, 9.17) is 5.73 Å². The van der Waals surface area contributed by atoms with Crippen LogP contribution in [0.3, 0.4) is 0 Å². The molecule has 2 rings (SSSR count). The molecule has 4 heteroatoms. The lowest BCUT2D eigenvalue weighted by molar-refractivity contribution is 0.0947. The lowest BCUT2D eigenvalue weighted by Crippen LogP contribution is -2.29. The first-order valence-electron chi connectivity index (χ1n) is 5.02. The van der Waals surface area contributed by atoms with Crippen LogP contribution in [0.25, 0.3) is 0 Å². The minimum Gasteiger partial charge on any atom is -0.383 e. The zero-order valence-corrected chi connectivity index (χ0v) is 8.95. The molecule has 1 aromatic heterocycles. The maximum atomic E-state index is 11.8. The van der Waals surface area contributed by atoms with Crippen LogP contribution >= 0.6 is 0 Å². The summed E-state index contributed by atoms with van der Waals surface area (Å²) in [5.41, 5.74) is 6.30. The Morgan fingerprint density at radius 2 is 2.33 bits per heavy atom. The number of anilines is 1. The number of carbonyl (C=O) groups is 1. The van der Waals surface area contributed by atoms with E-state index in [1.807, 2.05) is 0 Å². The SMILES string of the molecule is CC1(C)CC1NC(=O)c1cccnc1N. The Balaban J connectivity index is 2.06. The molecule has 1 aliphatic carbocycles. The van der Waals surface area contributed by atoms with Gasteiger partial charge in [0.25, 0.3) is 5.91 Å². The molecule has 0 spiro atoms. The second-order valence-electron chi connectivity index (χ2n) is 4.65. The molecule has 1 unspecified atom stereocenters. The summed E-state index contributed by atoms with van der Waals surface area (Å²) in [6, 6.07) is 3.67.